The molecule has 3 rings (SSSR count). The average molecular weight is 266 g/mol. The van der Waals surface area contributed by atoms with Crippen molar-refractivity contribution in [2.45, 2.75) is 11.7 Å². The molecule has 0 aromatic heterocycles. The number of carboxylic acid groups (broad SMARTS) is 2. The molecule has 0 saturated heterocycles. The van der Waals surface area contributed by atoms with Crippen LogP contribution in [0.25, 0.3) is 0 Å². The highest BCUT2D eigenvalue weighted by Gasteiger charge is 2.75. The number of rotatable bonds is 2. The minimum absolute atomic E-state index is 0.155. The van der Waals surface area contributed by atoms with Crippen LogP contribution in [0, 0.1) is 5.92 Å². The monoisotopic (exact) mass is 266 g/mol. The fraction of sp³-hybridized carbons (Fsp3) is 0.333. The molecule has 19 heavy (non-hydrogen) atoms. The van der Waals surface area contributed by atoms with Crippen molar-refractivity contribution in [3.05, 3.63) is 29.8 Å². The number of fused-ring (bicyclic) bond motifs is 3. The minimum atomic E-state index is -1.69. The molecule has 2 N–H and O–H groups in total. The molecule has 1 fully saturated rings. The van der Waals surface area contributed by atoms with Crippen molar-refractivity contribution in [1.29, 1.82) is 0 Å². The molecule has 1 aromatic carbocycles. The van der Waals surface area contributed by atoms with E-state index in [2.05, 4.69) is 0 Å². The van der Waals surface area contributed by atoms with Crippen LogP contribution in [0.1, 0.15) is 11.5 Å². The first-order valence-corrected chi connectivity index (χ1v) is 5.60. The van der Waals surface area contributed by atoms with E-state index >= 15 is 0 Å². The van der Waals surface area contributed by atoms with Crippen LogP contribution in [0.4, 0.5) is 9.59 Å². The Bertz CT molecular complexity index is 537. The number of hydrogen-bond donors (Lipinski definition) is 2. The first-order chi connectivity index (χ1) is 9.04. The van der Waals surface area contributed by atoms with Crippen molar-refractivity contribution in [3.8, 4) is 5.75 Å². The van der Waals surface area contributed by atoms with Crippen LogP contribution in [-0.2, 0) is 9.47 Å². The fourth-order valence-electron chi connectivity index (χ4n) is 2.67. The lowest BCUT2D eigenvalue weighted by Crippen LogP contribution is -2.29. The molecule has 1 saturated carbocycles. The fourth-order valence-corrected chi connectivity index (χ4v) is 2.67. The normalized spacial score (nSPS) is 25.3. The first kappa shape index (κ1) is 11.6. The SMILES string of the molecule is O=C(O)OC1(OC(=O)O)[C@@H]2COc3ccccc3[C@@H]21. The van der Waals surface area contributed by atoms with Crippen LogP contribution >= 0.6 is 0 Å². The molecule has 0 amide bonds. The topological polar surface area (TPSA) is 102 Å². The lowest BCUT2D eigenvalue weighted by atomic mass is 10.1. The molecule has 0 radical (unpaired) electrons. The molecule has 0 unspecified atom stereocenters. The molecule has 1 aliphatic carbocycles. The molecular formula is C12H10O7. The second-order valence-electron chi connectivity index (χ2n) is 4.39. The van der Waals surface area contributed by atoms with Gasteiger partial charge in [0.1, 0.15) is 5.75 Å². The summed E-state index contributed by atoms with van der Waals surface area (Å²) in [5, 5.41) is 17.5. The van der Waals surface area contributed by atoms with Crippen molar-refractivity contribution in [2.75, 3.05) is 6.61 Å². The second kappa shape index (κ2) is 3.78. The Hall–Kier alpha value is -2.44. The number of para-hydroxylation sites is 1. The zero-order valence-electron chi connectivity index (χ0n) is 9.61. The van der Waals surface area contributed by atoms with Crippen LogP contribution in [0.15, 0.2) is 24.3 Å². The molecule has 100 valence electrons. The summed E-state index contributed by atoms with van der Waals surface area (Å²) >= 11 is 0. The number of benzene rings is 1. The van der Waals surface area contributed by atoms with Crippen LogP contribution in [0.5, 0.6) is 5.75 Å². The van der Waals surface area contributed by atoms with Crippen molar-refractivity contribution >= 4 is 12.3 Å². The Morgan fingerprint density at radius 2 is 1.84 bits per heavy atom. The Labute approximate surface area is 107 Å². The molecule has 1 aromatic rings. The highest BCUT2D eigenvalue weighted by atomic mass is 16.8. The molecule has 2 atom stereocenters. The maximum atomic E-state index is 10.8. The number of hydrogen-bond acceptors (Lipinski definition) is 5. The van der Waals surface area contributed by atoms with Crippen molar-refractivity contribution < 1.29 is 34.0 Å². The van der Waals surface area contributed by atoms with Gasteiger partial charge in [-0.05, 0) is 6.07 Å². The summed E-state index contributed by atoms with van der Waals surface area (Å²) in [5.41, 5.74) is 0.696. The third-order valence-corrected chi connectivity index (χ3v) is 3.41. The van der Waals surface area contributed by atoms with E-state index < -0.39 is 29.9 Å². The maximum absolute atomic E-state index is 10.8. The van der Waals surface area contributed by atoms with Gasteiger partial charge in [-0.25, -0.2) is 9.59 Å². The predicted octanol–water partition coefficient (Wildman–Crippen LogP) is 1.88. The average Bonchev–Trinajstić information content (AvgIpc) is 2.95. The Kier molecular flexibility index (Phi) is 2.31. The van der Waals surface area contributed by atoms with Gasteiger partial charge in [-0.2, -0.15) is 0 Å². The molecular weight excluding hydrogens is 256 g/mol. The summed E-state index contributed by atoms with van der Waals surface area (Å²) < 4.78 is 14.8. The molecule has 1 heterocycles. The second-order valence-corrected chi connectivity index (χ2v) is 4.39. The summed E-state index contributed by atoms with van der Waals surface area (Å²) in [7, 11) is 0. The Balaban J connectivity index is 1.97. The van der Waals surface area contributed by atoms with Gasteiger partial charge in [0, 0.05) is 5.56 Å². The summed E-state index contributed by atoms with van der Waals surface area (Å²) in [6, 6.07) is 7.01. The molecule has 7 heteroatoms. The van der Waals surface area contributed by atoms with Gasteiger partial charge in [-0.15, -0.1) is 0 Å². The lowest BCUT2D eigenvalue weighted by molar-refractivity contribution is -0.126. The van der Waals surface area contributed by atoms with Crippen LogP contribution in [0.2, 0.25) is 0 Å². The molecule has 0 bridgehead atoms. The van der Waals surface area contributed by atoms with Crippen LogP contribution in [0.3, 0.4) is 0 Å². The predicted molar refractivity (Wildman–Crippen MR) is 59.1 cm³/mol. The smallest absolute Gasteiger partial charge is 0.493 e. The van der Waals surface area contributed by atoms with E-state index in [0.717, 1.165) is 0 Å². The highest BCUT2D eigenvalue weighted by molar-refractivity contribution is 5.63. The van der Waals surface area contributed by atoms with Gasteiger partial charge in [-0.1, -0.05) is 18.2 Å². The summed E-state index contributed by atoms with van der Waals surface area (Å²) in [6.07, 6.45) is -3.15. The number of carbonyl (C=O) groups is 2. The van der Waals surface area contributed by atoms with Gasteiger partial charge in [-0.3, -0.25) is 0 Å². The van der Waals surface area contributed by atoms with Gasteiger partial charge >= 0.3 is 12.3 Å². The molecule has 2 aliphatic rings. The zero-order valence-corrected chi connectivity index (χ0v) is 9.61. The van der Waals surface area contributed by atoms with Gasteiger partial charge in [0.05, 0.1) is 18.4 Å². The Morgan fingerprint density at radius 1 is 1.21 bits per heavy atom. The molecule has 0 spiro atoms. The number of ether oxygens (including phenoxy) is 3. The maximum Gasteiger partial charge on any atom is 0.509 e. The van der Waals surface area contributed by atoms with E-state index in [1.165, 1.54) is 0 Å². The standard InChI is InChI=1S/C12H10O7/c13-10(14)18-12(19-11(15)16)7-5-17-8-4-2-1-3-6(8)9(7)12/h1-4,7,9H,5H2,(H,13,14)(H,15,16)/t7-,9+/m1/s1. The third kappa shape index (κ3) is 1.66. The highest BCUT2D eigenvalue weighted by Crippen LogP contribution is 2.64. The van der Waals surface area contributed by atoms with Crippen molar-refractivity contribution in [1.82, 2.24) is 0 Å². The van der Waals surface area contributed by atoms with Gasteiger partial charge in [0.25, 0.3) is 5.79 Å². The van der Waals surface area contributed by atoms with Crippen LogP contribution < -0.4 is 4.74 Å². The molecule has 1 aliphatic heterocycles. The summed E-state index contributed by atoms with van der Waals surface area (Å²) in [6.45, 7) is 0.155. The summed E-state index contributed by atoms with van der Waals surface area (Å²) in [4.78, 5) is 21.5. The van der Waals surface area contributed by atoms with Crippen molar-refractivity contribution in [2.24, 2.45) is 5.92 Å². The van der Waals surface area contributed by atoms with Crippen molar-refractivity contribution in [3.63, 3.8) is 0 Å². The van der Waals surface area contributed by atoms with Crippen LogP contribution in [-0.4, -0.2) is 34.9 Å². The van der Waals surface area contributed by atoms with Gasteiger partial charge < -0.3 is 24.4 Å². The van der Waals surface area contributed by atoms with E-state index in [0.29, 0.717) is 11.3 Å². The van der Waals surface area contributed by atoms with E-state index in [1.807, 2.05) is 0 Å². The van der Waals surface area contributed by atoms with Gasteiger partial charge in [0.2, 0.25) is 0 Å². The van der Waals surface area contributed by atoms with E-state index in [-0.39, 0.29) is 6.61 Å². The minimum Gasteiger partial charge on any atom is -0.493 e. The van der Waals surface area contributed by atoms with E-state index in [9.17, 15) is 9.59 Å². The zero-order chi connectivity index (χ0) is 13.6. The lowest BCUT2D eigenvalue weighted by Gasteiger charge is -2.15. The third-order valence-electron chi connectivity index (χ3n) is 3.41. The Morgan fingerprint density at radius 3 is 2.47 bits per heavy atom. The largest absolute Gasteiger partial charge is 0.509 e. The van der Waals surface area contributed by atoms with Gasteiger partial charge in [0.15, 0.2) is 0 Å². The first-order valence-electron chi connectivity index (χ1n) is 5.60. The van der Waals surface area contributed by atoms with E-state index in [4.69, 9.17) is 24.4 Å². The van der Waals surface area contributed by atoms with E-state index in [1.54, 1.807) is 24.3 Å². The summed E-state index contributed by atoms with van der Waals surface area (Å²) in [5.74, 6) is -2.00. The quantitative estimate of drug-likeness (QED) is 0.622. The molecule has 7 nitrogen and oxygen atoms in total.